The van der Waals surface area contributed by atoms with Crippen molar-refractivity contribution < 1.29 is 4.52 Å². The third-order valence-corrected chi connectivity index (χ3v) is 1.96. The van der Waals surface area contributed by atoms with Gasteiger partial charge in [0.25, 0.3) is 0 Å². The SMILES string of the molecule is N#Cc1ccc(NCCc2ncon2)cn1. The average Bonchev–Trinajstić information content (AvgIpc) is 2.83. The van der Waals surface area contributed by atoms with E-state index in [4.69, 9.17) is 5.26 Å². The number of aromatic nitrogens is 3. The topological polar surface area (TPSA) is 87.6 Å². The molecule has 0 spiro atoms. The van der Waals surface area contributed by atoms with Gasteiger partial charge in [0.15, 0.2) is 5.82 Å². The van der Waals surface area contributed by atoms with Crippen LogP contribution < -0.4 is 5.32 Å². The van der Waals surface area contributed by atoms with E-state index in [0.29, 0.717) is 24.5 Å². The van der Waals surface area contributed by atoms with E-state index in [1.165, 1.54) is 6.39 Å². The van der Waals surface area contributed by atoms with E-state index in [1.807, 2.05) is 12.1 Å². The number of anilines is 1. The van der Waals surface area contributed by atoms with Crippen molar-refractivity contribution in [2.45, 2.75) is 6.42 Å². The molecule has 1 N–H and O–H groups in total. The van der Waals surface area contributed by atoms with E-state index in [2.05, 4.69) is 25.0 Å². The van der Waals surface area contributed by atoms with E-state index in [-0.39, 0.29) is 0 Å². The van der Waals surface area contributed by atoms with Gasteiger partial charge in [-0.1, -0.05) is 5.16 Å². The number of nitrogens with one attached hydrogen (secondary N) is 1. The lowest BCUT2D eigenvalue weighted by molar-refractivity contribution is 0.410. The predicted molar refractivity (Wildman–Crippen MR) is 55.4 cm³/mol. The van der Waals surface area contributed by atoms with Gasteiger partial charge in [-0.15, -0.1) is 0 Å². The van der Waals surface area contributed by atoms with Crippen LogP contribution in [0.3, 0.4) is 0 Å². The molecule has 0 unspecified atom stereocenters. The van der Waals surface area contributed by atoms with Crippen LogP contribution in [0.25, 0.3) is 0 Å². The highest BCUT2D eigenvalue weighted by Crippen LogP contribution is 2.05. The Morgan fingerprint density at radius 2 is 2.31 bits per heavy atom. The maximum Gasteiger partial charge on any atom is 0.213 e. The quantitative estimate of drug-likeness (QED) is 0.818. The largest absolute Gasteiger partial charge is 0.383 e. The molecule has 2 aromatic rings. The zero-order chi connectivity index (χ0) is 11.2. The molecule has 0 amide bonds. The molecule has 0 atom stereocenters. The lowest BCUT2D eigenvalue weighted by Crippen LogP contribution is -2.06. The van der Waals surface area contributed by atoms with Crippen LogP contribution in [0.5, 0.6) is 0 Å². The Morgan fingerprint density at radius 1 is 1.38 bits per heavy atom. The van der Waals surface area contributed by atoms with E-state index < -0.39 is 0 Å². The second-order valence-corrected chi connectivity index (χ2v) is 3.07. The molecule has 16 heavy (non-hydrogen) atoms. The van der Waals surface area contributed by atoms with E-state index >= 15 is 0 Å². The third kappa shape index (κ3) is 2.54. The van der Waals surface area contributed by atoms with Crippen molar-refractivity contribution in [3.05, 3.63) is 36.2 Å². The van der Waals surface area contributed by atoms with Gasteiger partial charge in [-0.25, -0.2) is 4.98 Å². The fourth-order valence-corrected chi connectivity index (χ4v) is 1.19. The summed E-state index contributed by atoms with van der Waals surface area (Å²) in [6.07, 6.45) is 3.60. The van der Waals surface area contributed by atoms with Gasteiger partial charge < -0.3 is 9.84 Å². The van der Waals surface area contributed by atoms with Crippen LogP contribution in [0.15, 0.2) is 29.2 Å². The zero-order valence-electron chi connectivity index (χ0n) is 8.42. The summed E-state index contributed by atoms with van der Waals surface area (Å²) in [6, 6.07) is 5.43. The monoisotopic (exact) mass is 215 g/mol. The summed E-state index contributed by atoms with van der Waals surface area (Å²) in [4.78, 5) is 7.84. The third-order valence-electron chi connectivity index (χ3n) is 1.96. The summed E-state index contributed by atoms with van der Waals surface area (Å²) in [5.74, 6) is 0.661. The molecule has 0 aromatic carbocycles. The van der Waals surface area contributed by atoms with E-state index in [1.54, 1.807) is 12.3 Å². The summed E-state index contributed by atoms with van der Waals surface area (Å²) < 4.78 is 4.61. The fourth-order valence-electron chi connectivity index (χ4n) is 1.19. The Labute approximate surface area is 91.9 Å². The van der Waals surface area contributed by atoms with Crippen LogP contribution in [-0.2, 0) is 6.42 Å². The van der Waals surface area contributed by atoms with Crippen molar-refractivity contribution in [1.29, 1.82) is 5.26 Å². The summed E-state index contributed by atoms with van der Waals surface area (Å²) >= 11 is 0. The van der Waals surface area contributed by atoms with Crippen molar-refractivity contribution >= 4 is 5.69 Å². The van der Waals surface area contributed by atoms with Crippen LogP contribution >= 0.6 is 0 Å². The van der Waals surface area contributed by atoms with Gasteiger partial charge in [-0.05, 0) is 12.1 Å². The molecule has 2 aromatic heterocycles. The normalized spacial score (nSPS) is 9.69. The van der Waals surface area contributed by atoms with Gasteiger partial charge in [-0.2, -0.15) is 10.2 Å². The van der Waals surface area contributed by atoms with Crippen molar-refractivity contribution in [2.24, 2.45) is 0 Å². The molecule has 0 aliphatic carbocycles. The number of nitrogens with zero attached hydrogens (tertiary/aromatic N) is 4. The van der Waals surface area contributed by atoms with Crippen LogP contribution in [-0.4, -0.2) is 21.7 Å². The van der Waals surface area contributed by atoms with E-state index in [9.17, 15) is 0 Å². The summed E-state index contributed by atoms with van der Waals surface area (Å²) in [5, 5.41) is 15.4. The molecule has 0 radical (unpaired) electrons. The number of pyridine rings is 1. The molecule has 6 nitrogen and oxygen atoms in total. The molecule has 0 aliphatic rings. The minimum atomic E-state index is 0.406. The first-order valence-corrected chi connectivity index (χ1v) is 4.74. The molecule has 0 aliphatic heterocycles. The summed E-state index contributed by atoms with van der Waals surface area (Å²) in [7, 11) is 0. The van der Waals surface area contributed by atoms with Crippen molar-refractivity contribution in [3.8, 4) is 6.07 Å². The van der Waals surface area contributed by atoms with Crippen LogP contribution in [0.1, 0.15) is 11.5 Å². The maximum atomic E-state index is 8.57. The molecule has 0 bridgehead atoms. The minimum Gasteiger partial charge on any atom is -0.383 e. The highest BCUT2D eigenvalue weighted by atomic mass is 16.5. The van der Waals surface area contributed by atoms with Crippen LogP contribution in [0, 0.1) is 11.3 Å². The highest BCUT2D eigenvalue weighted by Gasteiger charge is 1.98. The fraction of sp³-hybridized carbons (Fsp3) is 0.200. The van der Waals surface area contributed by atoms with E-state index in [0.717, 1.165) is 5.69 Å². The van der Waals surface area contributed by atoms with Crippen molar-refractivity contribution in [2.75, 3.05) is 11.9 Å². The summed E-state index contributed by atoms with van der Waals surface area (Å²) in [6.45, 7) is 0.688. The Morgan fingerprint density at radius 3 is 2.94 bits per heavy atom. The van der Waals surface area contributed by atoms with Crippen molar-refractivity contribution in [1.82, 2.24) is 15.1 Å². The minimum absolute atomic E-state index is 0.406. The highest BCUT2D eigenvalue weighted by molar-refractivity contribution is 5.42. The van der Waals surface area contributed by atoms with Crippen molar-refractivity contribution in [3.63, 3.8) is 0 Å². The first-order valence-electron chi connectivity index (χ1n) is 4.74. The van der Waals surface area contributed by atoms with Crippen LogP contribution in [0.4, 0.5) is 5.69 Å². The first kappa shape index (κ1) is 10.1. The molecular weight excluding hydrogens is 206 g/mol. The van der Waals surface area contributed by atoms with Gasteiger partial charge in [0.1, 0.15) is 11.8 Å². The lowest BCUT2D eigenvalue weighted by atomic mass is 10.3. The summed E-state index contributed by atoms with van der Waals surface area (Å²) in [5.41, 5.74) is 1.27. The molecule has 80 valence electrons. The molecule has 0 saturated heterocycles. The molecule has 2 rings (SSSR count). The maximum absolute atomic E-state index is 8.57. The molecule has 2 heterocycles. The zero-order valence-corrected chi connectivity index (χ0v) is 8.42. The van der Waals surface area contributed by atoms with Gasteiger partial charge >= 0.3 is 0 Å². The first-order chi connectivity index (χ1) is 7.88. The number of hydrogen-bond donors (Lipinski definition) is 1. The smallest absolute Gasteiger partial charge is 0.213 e. The van der Waals surface area contributed by atoms with Gasteiger partial charge in [0.2, 0.25) is 6.39 Å². The Bertz CT molecular complexity index is 471. The second kappa shape index (κ2) is 4.89. The lowest BCUT2D eigenvalue weighted by Gasteiger charge is -2.03. The molecule has 6 heteroatoms. The van der Waals surface area contributed by atoms with Crippen LogP contribution in [0.2, 0.25) is 0 Å². The molecule has 0 saturated carbocycles. The standard InChI is InChI=1S/C10H9N5O/c11-5-8-1-2-9(6-13-8)12-4-3-10-14-7-16-15-10/h1-2,6-7,12H,3-4H2. The molecule has 0 fully saturated rings. The van der Waals surface area contributed by atoms with Gasteiger partial charge in [0.05, 0.1) is 11.9 Å². The van der Waals surface area contributed by atoms with Gasteiger partial charge in [-0.3, -0.25) is 0 Å². The number of rotatable bonds is 4. The Balaban J connectivity index is 1.83. The average molecular weight is 215 g/mol. The second-order valence-electron chi connectivity index (χ2n) is 3.07. The Hall–Kier alpha value is -2.42. The number of nitriles is 1. The number of hydrogen-bond acceptors (Lipinski definition) is 6. The van der Waals surface area contributed by atoms with Gasteiger partial charge in [0, 0.05) is 13.0 Å². The predicted octanol–water partition coefficient (Wildman–Crippen LogP) is 0.991. The Kier molecular flexibility index (Phi) is 3.09. The molecular formula is C10H9N5O.